The molecule has 1 aliphatic rings. The Balaban J connectivity index is 1.15. The number of furan rings is 1. The van der Waals surface area contributed by atoms with E-state index in [2.05, 4.69) is 192 Å². The lowest BCUT2D eigenvalue weighted by Gasteiger charge is -2.26. The van der Waals surface area contributed by atoms with Crippen LogP contribution in [0.2, 0.25) is 0 Å². The fourth-order valence-electron chi connectivity index (χ4n) is 7.55. The number of benzene rings is 7. The van der Waals surface area contributed by atoms with Crippen molar-refractivity contribution < 1.29 is 4.42 Å². The van der Waals surface area contributed by atoms with E-state index in [-0.39, 0.29) is 5.41 Å². The van der Waals surface area contributed by atoms with E-state index in [9.17, 15) is 0 Å². The van der Waals surface area contributed by atoms with E-state index in [1.165, 1.54) is 33.4 Å². The van der Waals surface area contributed by atoms with Gasteiger partial charge in [-0.2, -0.15) is 0 Å². The number of nitrogens with zero attached hydrogens (tertiary/aromatic N) is 1. The normalized spacial score (nSPS) is 13.1. The minimum Gasteiger partial charge on any atom is -0.455 e. The second kappa shape index (κ2) is 11.1. The Kier molecular flexibility index (Phi) is 6.67. The SMILES string of the molecule is CC1(C)c2ccccc2-c2c1cc(Br)c1c2oc2c(-c3ccc(N(c4ccccc4)c4ccc(-c5ccccc5)cc4)cc3)cccc21. The van der Waals surface area contributed by atoms with Crippen molar-refractivity contribution in [3.8, 4) is 33.4 Å². The second-order valence-electron chi connectivity index (χ2n) is 13.1. The Bertz CT molecular complexity index is 2460. The van der Waals surface area contributed by atoms with E-state index >= 15 is 0 Å². The van der Waals surface area contributed by atoms with Crippen LogP contribution in [-0.4, -0.2) is 0 Å². The van der Waals surface area contributed by atoms with Crippen molar-refractivity contribution in [3.05, 3.63) is 173 Å². The maximum absolute atomic E-state index is 6.94. The van der Waals surface area contributed by atoms with Crippen LogP contribution in [0.15, 0.2) is 167 Å². The van der Waals surface area contributed by atoms with Crippen molar-refractivity contribution in [3.63, 3.8) is 0 Å². The first-order valence-electron chi connectivity index (χ1n) is 16.4. The molecule has 7 aromatic carbocycles. The molecule has 1 aromatic heterocycles. The predicted molar refractivity (Wildman–Crippen MR) is 205 cm³/mol. The number of fused-ring (bicyclic) bond motifs is 7. The molecule has 9 rings (SSSR count). The molecule has 0 radical (unpaired) electrons. The van der Waals surface area contributed by atoms with Gasteiger partial charge >= 0.3 is 0 Å². The monoisotopic (exact) mass is 681 g/mol. The molecule has 0 bridgehead atoms. The lowest BCUT2D eigenvalue weighted by molar-refractivity contribution is 0.653. The van der Waals surface area contributed by atoms with Gasteiger partial charge in [-0.05, 0) is 75.8 Å². The fourth-order valence-corrected chi connectivity index (χ4v) is 8.18. The van der Waals surface area contributed by atoms with Crippen LogP contribution in [0.4, 0.5) is 17.1 Å². The number of halogens is 1. The van der Waals surface area contributed by atoms with Gasteiger partial charge < -0.3 is 9.32 Å². The lowest BCUT2D eigenvalue weighted by atomic mass is 9.82. The van der Waals surface area contributed by atoms with Gasteiger partial charge in [-0.1, -0.05) is 145 Å². The summed E-state index contributed by atoms with van der Waals surface area (Å²) in [5.74, 6) is 0. The summed E-state index contributed by atoms with van der Waals surface area (Å²) in [5.41, 5.74) is 14.8. The van der Waals surface area contributed by atoms with E-state index in [0.717, 1.165) is 54.6 Å². The molecule has 2 nitrogen and oxygen atoms in total. The fraction of sp³-hybridized carbons (Fsp3) is 0.0667. The molecule has 1 heterocycles. The van der Waals surface area contributed by atoms with Gasteiger partial charge in [-0.15, -0.1) is 0 Å². The lowest BCUT2D eigenvalue weighted by Crippen LogP contribution is -2.14. The summed E-state index contributed by atoms with van der Waals surface area (Å²) in [4.78, 5) is 2.31. The highest BCUT2D eigenvalue weighted by Gasteiger charge is 2.38. The Morgan fingerprint density at radius 3 is 1.77 bits per heavy atom. The van der Waals surface area contributed by atoms with E-state index in [4.69, 9.17) is 4.42 Å². The maximum Gasteiger partial charge on any atom is 0.144 e. The first-order chi connectivity index (χ1) is 23.5. The number of rotatable bonds is 5. The second-order valence-corrected chi connectivity index (χ2v) is 13.9. The third-order valence-electron chi connectivity index (χ3n) is 9.95. The first-order valence-corrected chi connectivity index (χ1v) is 17.2. The largest absolute Gasteiger partial charge is 0.455 e. The van der Waals surface area contributed by atoms with E-state index < -0.39 is 0 Å². The van der Waals surface area contributed by atoms with Crippen LogP contribution in [-0.2, 0) is 5.41 Å². The van der Waals surface area contributed by atoms with Gasteiger partial charge in [-0.3, -0.25) is 0 Å². The number of hydrogen-bond acceptors (Lipinski definition) is 2. The molecular formula is C45H32BrNO. The Hall–Kier alpha value is -5.38. The highest BCUT2D eigenvalue weighted by Crippen LogP contribution is 2.54. The molecule has 0 spiro atoms. The van der Waals surface area contributed by atoms with Gasteiger partial charge in [0, 0.05) is 48.8 Å². The summed E-state index contributed by atoms with van der Waals surface area (Å²) >= 11 is 3.95. The zero-order valence-electron chi connectivity index (χ0n) is 26.7. The summed E-state index contributed by atoms with van der Waals surface area (Å²) in [6, 6.07) is 56.3. The smallest absolute Gasteiger partial charge is 0.144 e. The molecule has 0 aliphatic heterocycles. The van der Waals surface area contributed by atoms with Gasteiger partial charge in [-0.25, -0.2) is 0 Å². The number of para-hydroxylation sites is 2. The van der Waals surface area contributed by atoms with E-state index in [0.29, 0.717) is 0 Å². The zero-order chi connectivity index (χ0) is 32.4. The third kappa shape index (κ3) is 4.46. The topological polar surface area (TPSA) is 16.4 Å². The van der Waals surface area contributed by atoms with Crippen molar-refractivity contribution in [1.82, 2.24) is 0 Å². The molecular weight excluding hydrogens is 650 g/mol. The van der Waals surface area contributed by atoms with Gasteiger partial charge in [0.1, 0.15) is 11.2 Å². The van der Waals surface area contributed by atoms with Crippen LogP contribution >= 0.6 is 15.9 Å². The van der Waals surface area contributed by atoms with Crippen molar-refractivity contribution in [2.45, 2.75) is 19.3 Å². The molecule has 8 aromatic rings. The average molecular weight is 683 g/mol. The van der Waals surface area contributed by atoms with Crippen LogP contribution in [0, 0.1) is 0 Å². The quantitative estimate of drug-likeness (QED) is 0.180. The predicted octanol–water partition coefficient (Wildman–Crippen LogP) is 13.5. The van der Waals surface area contributed by atoms with Gasteiger partial charge in [0.25, 0.3) is 0 Å². The van der Waals surface area contributed by atoms with Gasteiger partial charge in [0.2, 0.25) is 0 Å². The molecule has 3 heteroatoms. The third-order valence-corrected chi connectivity index (χ3v) is 10.6. The maximum atomic E-state index is 6.94. The summed E-state index contributed by atoms with van der Waals surface area (Å²) in [7, 11) is 0. The summed E-state index contributed by atoms with van der Waals surface area (Å²) in [6.07, 6.45) is 0. The average Bonchev–Trinajstić information content (AvgIpc) is 3.63. The molecule has 0 N–H and O–H groups in total. The van der Waals surface area contributed by atoms with E-state index in [1.807, 2.05) is 0 Å². The molecule has 0 saturated heterocycles. The minimum atomic E-state index is -0.104. The van der Waals surface area contributed by atoms with Crippen molar-refractivity contribution >= 4 is 54.9 Å². The van der Waals surface area contributed by atoms with Gasteiger partial charge in [0.15, 0.2) is 0 Å². The minimum absolute atomic E-state index is 0.104. The van der Waals surface area contributed by atoms with Crippen molar-refractivity contribution in [2.24, 2.45) is 0 Å². The molecule has 0 atom stereocenters. The molecule has 0 unspecified atom stereocenters. The molecule has 0 amide bonds. The molecule has 0 saturated carbocycles. The highest BCUT2D eigenvalue weighted by molar-refractivity contribution is 9.10. The zero-order valence-corrected chi connectivity index (χ0v) is 28.3. The first kappa shape index (κ1) is 28.8. The van der Waals surface area contributed by atoms with Crippen LogP contribution in [0.1, 0.15) is 25.0 Å². The van der Waals surface area contributed by atoms with Crippen molar-refractivity contribution in [1.29, 1.82) is 0 Å². The molecule has 230 valence electrons. The van der Waals surface area contributed by atoms with Gasteiger partial charge in [0.05, 0.1) is 0 Å². The van der Waals surface area contributed by atoms with Crippen LogP contribution in [0.5, 0.6) is 0 Å². The van der Waals surface area contributed by atoms with Crippen molar-refractivity contribution in [2.75, 3.05) is 4.90 Å². The molecule has 0 fully saturated rings. The van der Waals surface area contributed by atoms with Crippen LogP contribution in [0.25, 0.3) is 55.3 Å². The Morgan fingerprint density at radius 2 is 1.06 bits per heavy atom. The summed E-state index contributed by atoms with van der Waals surface area (Å²) in [6.45, 7) is 4.61. The molecule has 48 heavy (non-hydrogen) atoms. The highest BCUT2D eigenvalue weighted by atomic mass is 79.9. The van der Waals surface area contributed by atoms with Crippen LogP contribution in [0.3, 0.4) is 0 Å². The van der Waals surface area contributed by atoms with E-state index in [1.54, 1.807) is 0 Å². The number of anilines is 3. The number of hydrogen-bond donors (Lipinski definition) is 0. The summed E-state index contributed by atoms with van der Waals surface area (Å²) < 4.78 is 8.01. The molecule has 1 aliphatic carbocycles. The Labute approximate surface area is 289 Å². The standard InChI is InChI=1S/C45H32BrNO/c1-45(2)38-19-10-9-16-36(38)41-39(45)28-40(46)42-37-18-11-17-35(43(37)48-44(41)42)31-22-26-34(27-23-31)47(32-14-7-4-8-15-32)33-24-20-30(21-25-33)29-12-5-3-6-13-29/h3-28H,1-2H3. The Morgan fingerprint density at radius 1 is 0.500 bits per heavy atom. The summed E-state index contributed by atoms with van der Waals surface area (Å²) in [5, 5.41) is 2.25. The van der Waals surface area contributed by atoms with Crippen LogP contribution < -0.4 is 4.90 Å².